The molecule has 1 amide bonds. The van der Waals surface area contributed by atoms with Crippen LogP contribution in [-0.2, 0) is 0 Å². The van der Waals surface area contributed by atoms with Gasteiger partial charge in [-0.25, -0.2) is 4.63 Å². The van der Waals surface area contributed by atoms with Crippen molar-refractivity contribution in [2.24, 2.45) is 11.8 Å². The van der Waals surface area contributed by atoms with Crippen molar-refractivity contribution in [3.63, 3.8) is 0 Å². The maximum atomic E-state index is 12.0. The van der Waals surface area contributed by atoms with Crippen LogP contribution >= 0.6 is 0 Å². The van der Waals surface area contributed by atoms with Crippen molar-refractivity contribution in [3.8, 4) is 0 Å². The molecule has 2 fully saturated rings. The molecule has 6 nitrogen and oxygen atoms in total. The summed E-state index contributed by atoms with van der Waals surface area (Å²) in [7, 11) is 0. The normalized spacial score (nSPS) is 28.4. The molecule has 3 rings (SSSR count). The van der Waals surface area contributed by atoms with Gasteiger partial charge in [0.05, 0.1) is 0 Å². The first kappa shape index (κ1) is 9.62. The third kappa shape index (κ3) is 1.36. The van der Waals surface area contributed by atoms with E-state index in [1.807, 2.05) is 4.90 Å². The number of aromatic nitrogens is 2. The number of nitrogens with zero attached hydrogens (tertiary/aromatic N) is 3. The highest BCUT2D eigenvalue weighted by Crippen LogP contribution is 2.38. The van der Waals surface area contributed by atoms with Crippen LogP contribution in [0.15, 0.2) is 4.63 Å². The number of carbonyl (C=O) groups excluding carboxylic acids is 1. The summed E-state index contributed by atoms with van der Waals surface area (Å²) in [5.41, 5.74) is 5.66. The molecule has 1 aromatic rings. The molecular weight excluding hydrogens is 208 g/mol. The predicted molar refractivity (Wildman–Crippen MR) is 55.4 cm³/mol. The molecule has 0 bridgehead atoms. The first-order valence-electron chi connectivity index (χ1n) is 5.63. The number of likely N-dealkylation sites (tertiary alicyclic amines) is 1. The highest BCUT2D eigenvalue weighted by molar-refractivity contribution is 5.96. The van der Waals surface area contributed by atoms with Crippen LogP contribution in [0.4, 0.5) is 5.82 Å². The number of hydrogen-bond acceptors (Lipinski definition) is 5. The average molecular weight is 222 g/mol. The molecule has 1 aliphatic carbocycles. The highest BCUT2D eigenvalue weighted by Gasteiger charge is 2.39. The van der Waals surface area contributed by atoms with Gasteiger partial charge in [0.1, 0.15) is 0 Å². The smallest absolute Gasteiger partial charge is 0.280 e. The number of amides is 1. The van der Waals surface area contributed by atoms with E-state index in [9.17, 15) is 4.79 Å². The monoisotopic (exact) mass is 222 g/mol. The van der Waals surface area contributed by atoms with E-state index in [-0.39, 0.29) is 17.4 Å². The number of nitrogens with two attached hydrogens (primary N) is 1. The largest absolute Gasteiger partial charge is 0.379 e. The van der Waals surface area contributed by atoms with Crippen LogP contribution in [0.2, 0.25) is 0 Å². The number of carbonyl (C=O) groups is 1. The fourth-order valence-corrected chi connectivity index (χ4v) is 2.89. The summed E-state index contributed by atoms with van der Waals surface area (Å²) in [6.07, 6.45) is 3.77. The Bertz CT molecular complexity index is 405. The second-order valence-electron chi connectivity index (χ2n) is 4.66. The van der Waals surface area contributed by atoms with Crippen molar-refractivity contribution in [1.29, 1.82) is 0 Å². The standard InChI is InChI=1S/C10H14N4O2/c11-9-8(12-16-13-9)10(15)14-4-6-2-1-3-7(6)5-14/h6-7H,1-5H2,(H2,11,13). The highest BCUT2D eigenvalue weighted by atomic mass is 16.6. The van der Waals surface area contributed by atoms with Crippen molar-refractivity contribution < 1.29 is 9.42 Å². The minimum Gasteiger partial charge on any atom is -0.379 e. The molecular formula is C10H14N4O2. The van der Waals surface area contributed by atoms with E-state index in [4.69, 9.17) is 5.73 Å². The summed E-state index contributed by atoms with van der Waals surface area (Å²) in [6.45, 7) is 1.66. The third-order valence-electron chi connectivity index (χ3n) is 3.73. The topological polar surface area (TPSA) is 85.2 Å². The van der Waals surface area contributed by atoms with Gasteiger partial charge in [-0.05, 0) is 35.0 Å². The van der Waals surface area contributed by atoms with Crippen molar-refractivity contribution >= 4 is 11.7 Å². The molecule has 2 unspecified atom stereocenters. The van der Waals surface area contributed by atoms with Crippen LogP contribution in [0, 0.1) is 11.8 Å². The van der Waals surface area contributed by atoms with E-state index in [0.29, 0.717) is 11.8 Å². The fraction of sp³-hybridized carbons (Fsp3) is 0.700. The van der Waals surface area contributed by atoms with Crippen molar-refractivity contribution in [2.75, 3.05) is 18.8 Å². The maximum absolute atomic E-state index is 12.0. The molecule has 1 saturated heterocycles. The van der Waals surface area contributed by atoms with Crippen molar-refractivity contribution in [1.82, 2.24) is 15.2 Å². The lowest BCUT2D eigenvalue weighted by atomic mass is 10.0. The third-order valence-corrected chi connectivity index (χ3v) is 3.73. The molecule has 0 aromatic carbocycles. The number of nitrogen functional groups attached to an aromatic ring is 1. The first-order valence-corrected chi connectivity index (χ1v) is 5.63. The lowest BCUT2D eigenvalue weighted by Gasteiger charge is -2.15. The summed E-state index contributed by atoms with van der Waals surface area (Å²) in [6, 6.07) is 0. The molecule has 2 aliphatic rings. The summed E-state index contributed by atoms with van der Waals surface area (Å²) < 4.78 is 4.45. The molecule has 0 spiro atoms. The van der Waals surface area contributed by atoms with Crippen molar-refractivity contribution in [2.45, 2.75) is 19.3 Å². The minimum atomic E-state index is -0.145. The van der Waals surface area contributed by atoms with Gasteiger partial charge in [0, 0.05) is 13.1 Å². The van der Waals surface area contributed by atoms with E-state index < -0.39 is 0 Å². The SMILES string of the molecule is Nc1nonc1C(=O)N1CC2CCCC2C1. The van der Waals surface area contributed by atoms with Gasteiger partial charge in [0.25, 0.3) is 5.91 Å². The zero-order valence-corrected chi connectivity index (χ0v) is 8.93. The second kappa shape index (κ2) is 3.47. The molecule has 16 heavy (non-hydrogen) atoms. The average Bonchev–Trinajstić information content (AvgIpc) is 2.89. The van der Waals surface area contributed by atoms with E-state index in [1.165, 1.54) is 19.3 Å². The lowest BCUT2D eigenvalue weighted by molar-refractivity contribution is 0.0770. The zero-order chi connectivity index (χ0) is 11.1. The van der Waals surface area contributed by atoms with Crippen LogP contribution in [0.5, 0.6) is 0 Å². The minimum absolute atomic E-state index is 0.0852. The van der Waals surface area contributed by atoms with Gasteiger partial charge >= 0.3 is 0 Å². The molecule has 1 aliphatic heterocycles. The van der Waals surface area contributed by atoms with Crippen molar-refractivity contribution in [3.05, 3.63) is 5.69 Å². The summed E-state index contributed by atoms with van der Waals surface area (Å²) in [5.74, 6) is 1.28. The molecule has 1 aromatic heterocycles. The first-order chi connectivity index (χ1) is 7.75. The number of hydrogen-bond donors (Lipinski definition) is 1. The molecule has 2 N–H and O–H groups in total. The molecule has 6 heteroatoms. The van der Waals surface area contributed by atoms with E-state index >= 15 is 0 Å². The Hall–Kier alpha value is -1.59. The Kier molecular flexibility index (Phi) is 2.08. The molecule has 86 valence electrons. The van der Waals surface area contributed by atoms with Gasteiger partial charge in [-0.1, -0.05) is 6.42 Å². The predicted octanol–water partition coefficient (Wildman–Crippen LogP) is 0.524. The number of rotatable bonds is 1. The van der Waals surface area contributed by atoms with Gasteiger partial charge in [-0.15, -0.1) is 0 Å². The van der Waals surface area contributed by atoms with Crippen LogP contribution in [-0.4, -0.2) is 34.2 Å². The summed E-state index contributed by atoms with van der Waals surface area (Å²) in [4.78, 5) is 13.9. The fourth-order valence-electron chi connectivity index (χ4n) is 2.89. The van der Waals surface area contributed by atoms with Crippen LogP contribution < -0.4 is 5.73 Å². The summed E-state index contributed by atoms with van der Waals surface area (Å²) in [5, 5.41) is 6.98. The maximum Gasteiger partial charge on any atom is 0.280 e. The van der Waals surface area contributed by atoms with E-state index in [1.54, 1.807) is 0 Å². The van der Waals surface area contributed by atoms with Crippen LogP contribution in [0.1, 0.15) is 29.8 Å². The lowest BCUT2D eigenvalue weighted by Crippen LogP contribution is -2.30. The Morgan fingerprint density at radius 3 is 2.56 bits per heavy atom. The summed E-state index contributed by atoms with van der Waals surface area (Å²) >= 11 is 0. The van der Waals surface area contributed by atoms with E-state index in [2.05, 4.69) is 14.9 Å². The molecule has 2 atom stereocenters. The zero-order valence-electron chi connectivity index (χ0n) is 8.93. The molecule has 1 saturated carbocycles. The second-order valence-corrected chi connectivity index (χ2v) is 4.66. The van der Waals surface area contributed by atoms with Gasteiger partial charge in [0.2, 0.25) is 11.5 Å². The molecule has 0 radical (unpaired) electrons. The van der Waals surface area contributed by atoms with Crippen LogP contribution in [0.3, 0.4) is 0 Å². The Balaban J connectivity index is 1.75. The molecule has 2 heterocycles. The van der Waals surface area contributed by atoms with Gasteiger partial charge in [-0.3, -0.25) is 4.79 Å². The van der Waals surface area contributed by atoms with Gasteiger partial charge in [-0.2, -0.15) is 0 Å². The van der Waals surface area contributed by atoms with E-state index in [0.717, 1.165) is 13.1 Å². The van der Waals surface area contributed by atoms with Crippen LogP contribution in [0.25, 0.3) is 0 Å². The number of fused-ring (bicyclic) bond motifs is 1. The van der Waals surface area contributed by atoms with Gasteiger partial charge < -0.3 is 10.6 Å². The quantitative estimate of drug-likeness (QED) is 0.748. The Morgan fingerprint density at radius 2 is 2.00 bits per heavy atom. The van der Waals surface area contributed by atoms with Gasteiger partial charge in [0.15, 0.2) is 0 Å². The Morgan fingerprint density at radius 1 is 1.31 bits per heavy atom. The Labute approximate surface area is 92.7 Å². The number of anilines is 1.